The smallest absolute Gasteiger partial charge is 0.258 e. The van der Waals surface area contributed by atoms with E-state index in [0.717, 1.165) is 73.9 Å². The van der Waals surface area contributed by atoms with Gasteiger partial charge in [-0.25, -0.2) is 17.2 Å². The molecule has 2 saturated heterocycles. The maximum Gasteiger partial charge on any atom is 0.258 e. The van der Waals surface area contributed by atoms with Gasteiger partial charge in [-0.3, -0.25) is 9.89 Å². The molecule has 4 N–H and O–H groups in total. The number of piperidine rings is 1. The molecule has 1 amide bonds. The van der Waals surface area contributed by atoms with Gasteiger partial charge in [-0.05, 0) is 69.0 Å². The molecule has 0 bridgehead atoms. The van der Waals surface area contributed by atoms with Gasteiger partial charge in [0.1, 0.15) is 11.6 Å². The van der Waals surface area contributed by atoms with Gasteiger partial charge < -0.3 is 25.6 Å². The average Bonchev–Trinajstić information content (AvgIpc) is 3.44. The van der Waals surface area contributed by atoms with Crippen LogP contribution in [0, 0.1) is 11.6 Å². The maximum absolute atomic E-state index is 13.8. The summed E-state index contributed by atoms with van der Waals surface area (Å²) in [6, 6.07) is 8.41. The number of hydrogen-bond acceptors (Lipinski definition) is 8. The van der Waals surface area contributed by atoms with Crippen LogP contribution < -0.4 is 16.0 Å². The number of fused-ring (bicyclic) bond motifs is 1. The van der Waals surface area contributed by atoms with Crippen LogP contribution in [0.2, 0.25) is 0 Å². The molecule has 2 fully saturated rings. The molecule has 14 heteroatoms. The number of aromatic amines is 1. The van der Waals surface area contributed by atoms with E-state index in [1.807, 2.05) is 12.1 Å². The fourth-order valence-corrected chi connectivity index (χ4v) is 7.90. The monoisotopic (exact) mass is 657 g/mol. The number of amides is 1. The third-order valence-electron chi connectivity index (χ3n) is 8.95. The van der Waals surface area contributed by atoms with Crippen molar-refractivity contribution >= 4 is 33.1 Å². The normalized spacial score (nSPS) is 18.7. The molecule has 11 nitrogen and oxygen atoms in total. The van der Waals surface area contributed by atoms with Crippen LogP contribution in [0.25, 0.3) is 0 Å². The van der Waals surface area contributed by atoms with E-state index in [1.54, 1.807) is 6.07 Å². The van der Waals surface area contributed by atoms with Crippen LogP contribution in [-0.4, -0.2) is 85.2 Å². The molecular weight excluding hydrogens is 616 g/mol. The number of sulfonamides is 1. The van der Waals surface area contributed by atoms with Crippen LogP contribution >= 0.6 is 0 Å². The number of H-pyrrole nitrogens is 1. The van der Waals surface area contributed by atoms with Crippen LogP contribution in [0.3, 0.4) is 0 Å². The molecule has 0 saturated carbocycles. The molecule has 248 valence electrons. The summed E-state index contributed by atoms with van der Waals surface area (Å²) >= 11 is 0. The molecule has 0 unspecified atom stereocenters. The topological polar surface area (TPSA) is 132 Å². The number of hydrogen-bond donors (Lipinski definition) is 4. The minimum atomic E-state index is -4.20. The van der Waals surface area contributed by atoms with E-state index in [0.29, 0.717) is 54.3 Å². The Morgan fingerprint density at radius 1 is 1.00 bits per heavy atom. The van der Waals surface area contributed by atoms with Crippen molar-refractivity contribution in [2.75, 3.05) is 55.3 Å². The number of nitrogens with zero attached hydrogens (tertiary/aromatic N) is 3. The summed E-state index contributed by atoms with van der Waals surface area (Å²) < 4.78 is 60.9. The van der Waals surface area contributed by atoms with Crippen LogP contribution in [0.15, 0.2) is 41.3 Å². The van der Waals surface area contributed by atoms with Crippen LogP contribution in [0.5, 0.6) is 0 Å². The molecule has 0 atom stereocenters. The number of anilines is 3. The van der Waals surface area contributed by atoms with Crippen LogP contribution in [0.1, 0.15) is 60.6 Å². The highest BCUT2D eigenvalue weighted by atomic mass is 32.2. The number of likely N-dealkylation sites (tertiary alicyclic amines) is 1. The van der Waals surface area contributed by atoms with Crippen molar-refractivity contribution in [3.8, 4) is 0 Å². The van der Waals surface area contributed by atoms with Crippen molar-refractivity contribution in [3.63, 3.8) is 0 Å². The lowest BCUT2D eigenvalue weighted by Crippen LogP contribution is -2.39. The lowest BCUT2D eigenvalue weighted by atomic mass is 10.0. The highest BCUT2D eigenvalue weighted by Gasteiger charge is 2.32. The van der Waals surface area contributed by atoms with Gasteiger partial charge in [0.25, 0.3) is 5.91 Å². The third kappa shape index (κ3) is 7.35. The zero-order valence-corrected chi connectivity index (χ0v) is 26.8. The molecule has 4 heterocycles. The Labute approximate surface area is 268 Å². The van der Waals surface area contributed by atoms with Crippen molar-refractivity contribution < 1.29 is 26.7 Å². The second kappa shape index (κ2) is 14.0. The second-order valence-electron chi connectivity index (χ2n) is 12.2. The van der Waals surface area contributed by atoms with E-state index in [-0.39, 0.29) is 24.9 Å². The zero-order valence-electron chi connectivity index (χ0n) is 26.0. The van der Waals surface area contributed by atoms with Gasteiger partial charge in [0.2, 0.25) is 10.0 Å². The van der Waals surface area contributed by atoms with Crippen LogP contribution in [0.4, 0.5) is 26.0 Å². The van der Waals surface area contributed by atoms with Crippen LogP contribution in [-0.2, 0) is 27.7 Å². The summed E-state index contributed by atoms with van der Waals surface area (Å²) in [5.41, 5.74) is 3.26. The number of carbonyl (C=O) groups is 1. The Balaban J connectivity index is 1.19. The first-order valence-corrected chi connectivity index (χ1v) is 17.4. The number of nitrogens with one attached hydrogen (secondary N) is 4. The SMILES string of the molecule is CCCN1CCC(Nc2ccc(C(=O)Nc3n[nH]c4c3CN(S(=O)(=O)c3cc(F)cc(F)c3)CC4)c(NC3CCOCC3)c2)CC1. The molecule has 3 aromatic rings. The number of halogens is 2. The van der Waals surface area contributed by atoms with Gasteiger partial charge in [-0.1, -0.05) is 6.92 Å². The number of benzene rings is 2. The summed E-state index contributed by atoms with van der Waals surface area (Å²) in [6.45, 7) is 6.71. The molecule has 1 aromatic heterocycles. The highest BCUT2D eigenvalue weighted by molar-refractivity contribution is 7.89. The van der Waals surface area contributed by atoms with Crippen molar-refractivity contribution in [2.24, 2.45) is 0 Å². The predicted octanol–water partition coefficient (Wildman–Crippen LogP) is 4.56. The summed E-state index contributed by atoms with van der Waals surface area (Å²) in [5.74, 6) is -2.13. The summed E-state index contributed by atoms with van der Waals surface area (Å²) in [6.07, 6.45) is 5.19. The minimum Gasteiger partial charge on any atom is -0.382 e. The predicted molar refractivity (Wildman–Crippen MR) is 171 cm³/mol. The molecule has 0 aliphatic carbocycles. The third-order valence-corrected chi connectivity index (χ3v) is 10.8. The average molecular weight is 658 g/mol. The number of ether oxygens (including phenoxy) is 1. The lowest BCUT2D eigenvalue weighted by Gasteiger charge is -2.33. The van der Waals surface area contributed by atoms with E-state index in [1.165, 1.54) is 0 Å². The number of carbonyl (C=O) groups excluding carboxylic acids is 1. The van der Waals surface area contributed by atoms with Crippen molar-refractivity contribution in [2.45, 2.75) is 69.0 Å². The minimum absolute atomic E-state index is 0.0916. The van der Waals surface area contributed by atoms with Gasteiger partial charge in [-0.2, -0.15) is 9.40 Å². The largest absolute Gasteiger partial charge is 0.382 e. The van der Waals surface area contributed by atoms with Crippen molar-refractivity contribution in [3.05, 3.63) is 64.9 Å². The molecule has 6 rings (SSSR count). The first-order valence-electron chi connectivity index (χ1n) is 16.0. The maximum atomic E-state index is 13.8. The van der Waals surface area contributed by atoms with E-state index in [9.17, 15) is 22.0 Å². The van der Waals surface area contributed by atoms with E-state index >= 15 is 0 Å². The van der Waals surface area contributed by atoms with Crippen molar-refractivity contribution in [1.82, 2.24) is 19.4 Å². The highest BCUT2D eigenvalue weighted by Crippen LogP contribution is 2.31. The molecule has 3 aliphatic heterocycles. The Bertz CT molecular complexity index is 1630. The van der Waals surface area contributed by atoms with Gasteiger partial charge in [0, 0.05) is 86.6 Å². The van der Waals surface area contributed by atoms with Crippen molar-refractivity contribution in [1.29, 1.82) is 0 Å². The molecule has 0 radical (unpaired) electrons. The Morgan fingerprint density at radius 3 is 2.43 bits per heavy atom. The molecule has 3 aliphatic rings. The molecular formula is C32H41F2N7O4S. The van der Waals surface area contributed by atoms with Gasteiger partial charge >= 0.3 is 0 Å². The Morgan fingerprint density at radius 2 is 1.72 bits per heavy atom. The van der Waals surface area contributed by atoms with E-state index < -0.39 is 32.5 Å². The Hall–Kier alpha value is -3.59. The molecule has 2 aromatic carbocycles. The quantitative estimate of drug-likeness (QED) is 0.250. The number of rotatable bonds is 10. The fraction of sp³-hybridized carbons (Fsp3) is 0.500. The van der Waals surface area contributed by atoms with E-state index in [4.69, 9.17) is 4.74 Å². The zero-order chi connectivity index (χ0) is 32.3. The van der Waals surface area contributed by atoms with Gasteiger partial charge in [-0.15, -0.1) is 0 Å². The first-order chi connectivity index (χ1) is 22.2. The Kier molecular flexibility index (Phi) is 9.87. The van der Waals surface area contributed by atoms with E-state index in [2.05, 4.69) is 38.0 Å². The molecule has 46 heavy (non-hydrogen) atoms. The summed E-state index contributed by atoms with van der Waals surface area (Å²) in [5, 5.41) is 17.3. The lowest BCUT2D eigenvalue weighted by molar-refractivity contribution is 0.0904. The summed E-state index contributed by atoms with van der Waals surface area (Å²) in [7, 11) is -4.20. The molecule has 0 spiro atoms. The van der Waals surface area contributed by atoms with Gasteiger partial charge in [0.15, 0.2) is 5.82 Å². The standard InChI is InChI=1S/C32H41F2N7O4S/c1-2-10-40-11-5-23(6-12-40)35-25-3-4-27(30(19-25)36-24-8-14-45-15-9-24)32(42)37-31-28-20-41(13-7-29(28)38-39-31)46(43,44)26-17-21(33)16-22(34)18-26/h3-4,16-19,23-24,35-36H,2,5-15,20H2,1H3,(H2,37,38,39,42). The fourth-order valence-electron chi connectivity index (χ4n) is 6.45. The number of aromatic nitrogens is 2. The second-order valence-corrected chi connectivity index (χ2v) is 14.2. The first kappa shape index (κ1) is 32.4. The van der Waals surface area contributed by atoms with Gasteiger partial charge in [0.05, 0.1) is 10.5 Å². The summed E-state index contributed by atoms with van der Waals surface area (Å²) in [4.78, 5) is 15.8.